The molecule has 0 aromatic heterocycles. The highest BCUT2D eigenvalue weighted by molar-refractivity contribution is 7.92. The second kappa shape index (κ2) is 10.7. The molecule has 0 spiro atoms. The number of methoxy groups -OCH3 is 1. The minimum absolute atomic E-state index is 0.0581. The molecular formula is C26H27N3O6S. The SMILES string of the molecule is COc1ccccc1N(CC(=O)N/N=C(/C)c1ccc2c(c1)OCCO2)S(=O)(=O)c1ccc(C)cc1. The van der Waals surface area contributed by atoms with Gasteiger partial charge in [-0.05, 0) is 56.3 Å². The minimum atomic E-state index is -4.09. The molecule has 1 aliphatic rings. The molecular weight excluding hydrogens is 482 g/mol. The van der Waals surface area contributed by atoms with Crippen LogP contribution in [0.15, 0.2) is 76.7 Å². The highest BCUT2D eigenvalue weighted by Gasteiger charge is 2.29. The highest BCUT2D eigenvalue weighted by atomic mass is 32.2. The van der Waals surface area contributed by atoms with Crippen molar-refractivity contribution in [3.63, 3.8) is 0 Å². The number of anilines is 1. The summed E-state index contributed by atoms with van der Waals surface area (Å²) in [4.78, 5) is 13.0. The zero-order valence-corrected chi connectivity index (χ0v) is 21.0. The van der Waals surface area contributed by atoms with Gasteiger partial charge < -0.3 is 14.2 Å². The van der Waals surface area contributed by atoms with Gasteiger partial charge in [0, 0.05) is 5.56 Å². The van der Waals surface area contributed by atoms with Gasteiger partial charge in [-0.2, -0.15) is 5.10 Å². The summed E-state index contributed by atoms with van der Waals surface area (Å²) in [5.41, 5.74) is 4.87. The van der Waals surface area contributed by atoms with Gasteiger partial charge in [-0.3, -0.25) is 9.10 Å². The largest absolute Gasteiger partial charge is 0.495 e. The van der Waals surface area contributed by atoms with Gasteiger partial charge in [0.15, 0.2) is 11.5 Å². The normalized spacial score (nSPS) is 13.1. The van der Waals surface area contributed by atoms with E-state index < -0.39 is 22.5 Å². The van der Waals surface area contributed by atoms with Gasteiger partial charge >= 0.3 is 0 Å². The maximum absolute atomic E-state index is 13.6. The molecule has 1 heterocycles. The summed E-state index contributed by atoms with van der Waals surface area (Å²) in [7, 11) is -2.64. The second-order valence-corrected chi connectivity index (χ2v) is 9.95. The molecule has 0 atom stereocenters. The fraction of sp³-hybridized carbons (Fsp3) is 0.231. The van der Waals surface area contributed by atoms with Crippen LogP contribution in [0.1, 0.15) is 18.1 Å². The van der Waals surface area contributed by atoms with Crippen LogP contribution in [0.2, 0.25) is 0 Å². The van der Waals surface area contributed by atoms with E-state index in [0.29, 0.717) is 36.2 Å². The Balaban J connectivity index is 1.59. The average Bonchev–Trinajstić information content (AvgIpc) is 2.90. The molecule has 10 heteroatoms. The zero-order chi connectivity index (χ0) is 25.7. The van der Waals surface area contributed by atoms with Gasteiger partial charge in [0.1, 0.15) is 25.5 Å². The lowest BCUT2D eigenvalue weighted by molar-refractivity contribution is -0.119. The molecule has 0 radical (unpaired) electrons. The van der Waals surface area contributed by atoms with Crippen molar-refractivity contribution in [1.82, 2.24) is 5.43 Å². The number of sulfonamides is 1. The van der Waals surface area contributed by atoms with Crippen LogP contribution < -0.4 is 23.9 Å². The first kappa shape index (κ1) is 25.1. The molecule has 1 aliphatic heterocycles. The van der Waals surface area contributed by atoms with E-state index in [4.69, 9.17) is 14.2 Å². The van der Waals surface area contributed by atoms with Crippen molar-refractivity contribution in [1.29, 1.82) is 0 Å². The van der Waals surface area contributed by atoms with Crippen molar-refractivity contribution in [2.45, 2.75) is 18.7 Å². The number of benzene rings is 3. The van der Waals surface area contributed by atoms with Gasteiger partial charge in [-0.15, -0.1) is 0 Å². The van der Waals surface area contributed by atoms with Crippen LogP contribution in [-0.4, -0.2) is 46.9 Å². The Bertz CT molecular complexity index is 1390. The van der Waals surface area contributed by atoms with E-state index in [1.54, 1.807) is 55.5 Å². The molecule has 4 rings (SSSR count). The number of carbonyl (C=O) groups excluding carboxylic acids is 1. The summed E-state index contributed by atoms with van der Waals surface area (Å²) in [6.07, 6.45) is 0. The number of hydrogen-bond acceptors (Lipinski definition) is 7. The number of hydrazone groups is 1. The van der Waals surface area contributed by atoms with Crippen molar-refractivity contribution in [3.05, 3.63) is 77.9 Å². The maximum Gasteiger partial charge on any atom is 0.264 e. The Labute approximate surface area is 210 Å². The summed E-state index contributed by atoms with van der Waals surface area (Å²) in [5.74, 6) is 0.951. The number of carbonyl (C=O) groups is 1. The maximum atomic E-state index is 13.6. The topological polar surface area (TPSA) is 107 Å². The van der Waals surface area contributed by atoms with Crippen LogP contribution in [0.4, 0.5) is 5.69 Å². The Morgan fingerprint density at radius 1 is 1.03 bits per heavy atom. The van der Waals surface area contributed by atoms with E-state index in [0.717, 1.165) is 15.4 Å². The van der Waals surface area contributed by atoms with Crippen LogP contribution in [0, 0.1) is 6.92 Å². The number of rotatable bonds is 8. The summed E-state index contributed by atoms with van der Waals surface area (Å²) in [6, 6.07) is 18.4. The van der Waals surface area contributed by atoms with Crippen molar-refractivity contribution < 1.29 is 27.4 Å². The molecule has 0 aliphatic carbocycles. The summed E-state index contributed by atoms with van der Waals surface area (Å²) in [6.45, 7) is 4.03. The Kier molecular flexibility index (Phi) is 7.44. The standard InChI is InChI=1S/C26H27N3O6S/c1-18-8-11-21(12-9-18)36(31,32)29(22-6-4-5-7-23(22)33-3)17-26(30)28-27-19(2)20-10-13-24-25(16-20)35-15-14-34-24/h4-13,16H,14-15,17H2,1-3H3,(H,28,30)/b27-19-. The predicted octanol–water partition coefficient (Wildman–Crippen LogP) is 3.51. The number of aryl methyl sites for hydroxylation is 1. The molecule has 0 unspecified atom stereocenters. The molecule has 188 valence electrons. The van der Waals surface area contributed by atoms with Gasteiger partial charge in [-0.25, -0.2) is 13.8 Å². The quantitative estimate of drug-likeness (QED) is 0.368. The molecule has 9 nitrogen and oxygen atoms in total. The van der Waals surface area contributed by atoms with Gasteiger partial charge in [-0.1, -0.05) is 29.8 Å². The number of nitrogens with zero attached hydrogens (tertiary/aromatic N) is 2. The Morgan fingerprint density at radius 2 is 1.72 bits per heavy atom. The van der Waals surface area contributed by atoms with Gasteiger partial charge in [0.25, 0.3) is 15.9 Å². The molecule has 0 saturated heterocycles. The highest BCUT2D eigenvalue weighted by Crippen LogP contribution is 2.32. The van der Waals surface area contributed by atoms with E-state index in [1.807, 2.05) is 13.0 Å². The summed E-state index contributed by atoms with van der Waals surface area (Å²) in [5, 5.41) is 4.17. The molecule has 3 aromatic rings. The van der Waals surface area contributed by atoms with Crippen LogP contribution in [0.25, 0.3) is 0 Å². The van der Waals surface area contributed by atoms with Crippen molar-refractivity contribution >= 4 is 27.3 Å². The first-order chi connectivity index (χ1) is 17.3. The van der Waals surface area contributed by atoms with Crippen LogP contribution >= 0.6 is 0 Å². The van der Waals surface area contributed by atoms with Gasteiger partial charge in [0.05, 0.1) is 23.4 Å². The van der Waals surface area contributed by atoms with E-state index >= 15 is 0 Å². The molecule has 0 saturated carbocycles. The number of fused-ring (bicyclic) bond motifs is 1. The Morgan fingerprint density at radius 3 is 2.44 bits per heavy atom. The number of amides is 1. The summed E-state index contributed by atoms with van der Waals surface area (Å²) >= 11 is 0. The average molecular weight is 510 g/mol. The fourth-order valence-electron chi connectivity index (χ4n) is 3.62. The van der Waals surface area contributed by atoms with E-state index in [1.165, 1.54) is 19.2 Å². The molecule has 1 N–H and O–H groups in total. The molecule has 0 bridgehead atoms. The lowest BCUT2D eigenvalue weighted by Gasteiger charge is -2.25. The van der Waals surface area contributed by atoms with Crippen molar-refractivity contribution in [2.24, 2.45) is 5.10 Å². The van der Waals surface area contributed by atoms with Crippen molar-refractivity contribution in [3.8, 4) is 17.2 Å². The van der Waals surface area contributed by atoms with Crippen LogP contribution in [-0.2, 0) is 14.8 Å². The zero-order valence-electron chi connectivity index (χ0n) is 20.2. The molecule has 0 fully saturated rings. The molecule has 3 aromatic carbocycles. The number of ether oxygens (including phenoxy) is 3. The smallest absolute Gasteiger partial charge is 0.264 e. The van der Waals surface area contributed by atoms with E-state index in [2.05, 4.69) is 10.5 Å². The monoisotopic (exact) mass is 509 g/mol. The van der Waals surface area contributed by atoms with E-state index in [9.17, 15) is 13.2 Å². The number of nitrogens with one attached hydrogen (secondary N) is 1. The second-order valence-electron chi connectivity index (χ2n) is 8.09. The lowest BCUT2D eigenvalue weighted by Crippen LogP contribution is -2.40. The van der Waals surface area contributed by atoms with E-state index in [-0.39, 0.29) is 10.6 Å². The van der Waals surface area contributed by atoms with Crippen LogP contribution in [0.3, 0.4) is 0 Å². The Hall–Kier alpha value is -4.05. The van der Waals surface area contributed by atoms with Crippen molar-refractivity contribution in [2.75, 3.05) is 31.2 Å². The number of hydrogen-bond donors (Lipinski definition) is 1. The third-order valence-electron chi connectivity index (χ3n) is 5.56. The first-order valence-corrected chi connectivity index (χ1v) is 12.7. The molecule has 1 amide bonds. The third kappa shape index (κ3) is 5.44. The summed E-state index contributed by atoms with van der Waals surface area (Å²) < 4.78 is 44.7. The third-order valence-corrected chi connectivity index (χ3v) is 7.33. The fourth-order valence-corrected chi connectivity index (χ4v) is 5.05. The first-order valence-electron chi connectivity index (χ1n) is 11.2. The lowest BCUT2D eigenvalue weighted by atomic mass is 10.1. The van der Waals surface area contributed by atoms with Gasteiger partial charge in [0.2, 0.25) is 0 Å². The minimum Gasteiger partial charge on any atom is -0.495 e. The molecule has 36 heavy (non-hydrogen) atoms. The van der Waals surface area contributed by atoms with Crippen LogP contribution in [0.5, 0.6) is 17.2 Å². The predicted molar refractivity (Wildman–Crippen MR) is 136 cm³/mol. The number of para-hydroxylation sites is 2.